The molecule has 0 fully saturated rings. The molecule has 0 aliphatic heterocycles. The van der Waals surface area contributed by atoms with E-state index in [0.717, 1.165) is 0 Å². The molecule has 1 rings (SSSR count). The number of carbonyl (C=O) groups is 1. The molecule has 1 N–H and O–H groups in total. The maximum Gasteiger partial charge on any atom is 0.244 e. The Labute approximate surface area is 100 Å². The second kappa shape index (κ2) is 5.72. The highest BCUT2D eigenvalue weighted by Crippen LogP contribution is 2.08. The number of nitrogens with zero attached hydrogens (tertiary/aromatic N) is 5. The minimum Gasteiger partial charge on any atom is -0.392 e. The number of rotatable bonds is 5. The molecule has 17 heavy (non-hydrogen) atoms. The van der Waals surface area contributed by atoms with Gasteiger partial charge in [-0.1, -0.05) is 13.8 Å². The molecule has 1 atom stereocenters. The predicted molar refractivity (Wildman–Crippen MR) is 61.2 cm³/mol. The number of tetrazole rings is 1. The Hall–Kier alpha value is -1.50. The molecule has 1 heterocycles. The summed E-state index contributed by atoms with van der Waals surface area (Å²) in [7, 11) is 1.65. The van der Waals surface area contributed by atoms with E-state index in [1.165, 1.54) is 9.58 Å². The Bertz CT molecular complexity index is 375. The summed E-state index contributed by atoms with van der Waals surface area (Å²) in [6, 6.07) is 0. The van der Waals surface area contributed by atoms with Crippen molar-refractivity contribution in [3.8, 4) is 0 Å². The van der Waals surface area contributed by atoms with Crippen LogP contribution in [-0.4, -0.2) is 55.8 Å². The number of amides is 1. The van der Waals surface area contributed by atoms with E-state index in [1.807, 2.05) is 13.8 Å². The zero-order chi connectivity index (χ0) is 13.0. The van der Waals surface area contributed by atoms with Crippen LogP contribution >= 0.6 is 0 Å². The molecule has 0 aliphatic rings. The highest BCUT2D eigenvalue weighted by Gasteiger charge is 2.16. The van der Waals surface area contributed by atoms with Gasteiger partial charge in [0.1, 0.15) is 6.54 Å². The molecular weight excluding hydrogens is 222 g/mol. The summed E-state index contributed by atoms with van der Waals surface area (Å²) >= 11 is 0. The van der Waals surface area contributed by atoms with Gasteiger partial charge in [0.15, 0.2) is 5.82 Å². The van der Waals surface area contributed by atoms with Gasteiger partial charge in [-0.2, -0.15) is 0 Å². The van der Waals surface area contributed by atoms with Crippen molar-refractivity contribution < 1.29 is 9.90 Å². The minimum atomic E-state index is -0.539. The Kier molecular flexibility index (Phi) is 4.56. The second-order valence-electron chi connectivity index (χ2n) is 4.47. The van der Waals surface area contributed by atoms with Crippen LogP contribution in [0.2, 0.25) is 0 Å². The molecule has 1 aromatic heterocycles. The van der Waals surface area contributed by atoms with Crippen LogP contribution in [-0.2, 0) is 11.3 Å². The predicted octanol–water partition coefficient (Wildman–Crippen LogP) is -0.364. The standard InChI is InChI=1S/C10H19N5O2/c1-7(2)10-11-12-13-15(10)6-9(17)14(4)5-8(3)16/h7-8,16H,5-6H2,1-4H3. The minimum absolute atomic E-state index is 0.101. The van der Waals surface area contributed by atoms with E-state index in [1.54, 1.807) is 14.0 Å². The largest absolute Gasteiger partial charge is 0.392 e. The van der Waals surface area contributed by atoms with Crippen LogP contribution in [0, 0.1) is 0 Å². The highest BCUT2D eigenvalue weighted by atomic mass is 16.3. The Morgan fingerprint density at radius 2 is 2.12 bits per heavy atom. The molecule has 1 unspecified atom stereocenters. The first-order chi connectivity index (χ1) is 7.91. The van der Waals surface area contributed by atoms with Gasteiger partial charge in [0.2, 0.25) is 5.91 Å². The maximum absolute atomic E-state index is 11.8. The molecule has 1 amide bonds. The summed E-state index contributed by atoms with van der Waals surface area (Å²) < 4.78 is 1.49. The van der Waals surface area contributed by atoms with E-state index in [4.69, 9.17) is 0 Å². The zero-order valence-electron chi connectivity index (χ0n) is 10.7. The SMILES string of the molecule is CC(O)CN(C)C(=O)Cn1nnnc1C(C)C. The first-order valence-corrected chi connectivity index (χ1v) is 5.60. The average Bonchev–Trinajstić information content (AvgIpc) is 2.64. The fourth-order valence-corrected chi connectivity index (χ4v) is 1.48. The molecule has 0 aromatic carbocycles. The van der Waals surface area contributed by atoms with Gasteiger partial charge in [0.25, 0.3) is 0 Å². The van der Waals surface area contributed by atoms with Gasteiger partial charge >= 0.3 is 0 Å². The lowest BCUT2D eigenvalue weighted by Gasteiger charge is -2.19. The summed E-state index contributed by atoms with van der Waals surface area (Å²) in [5.74, 6) is 0.726. The summed E-state index contributed by atoms with van der Waals surface area (Å²) in [5.41, 5.74) is 0. The molecule has 7 heteroatoms. The molecule has 0 radical (unpaired) electrons. The van der Waals surface area contributed by atoms with Crippen LogP contribution in [0.1, 0.15) is 32.5 Å². The second-order valence-corrected chi connectivity index (χ2v) is 4.47. The lowest BCUT2D eigenvalue weighted by molar-refractivity contribution is -0.131. The van der Waals surface area contributed by atoms with Gasteiger partial charge in [-0.05, 0) is 17.4 Å². The monoisotopic (exact) mass is 241 g/mol. The van der Waals surface area contributed by atoms with Crippen molar-refractivity contribution in [3.63, 3.8) is 0 Å². The summed E-state index contributed by atoms with van der Waals surface area (Å²) in [4.78, 5) is 13.3. The van der Waals surface area contributed by atoms with Crippen molar-refractivity contribution in [3.05, 3.63) is 5.82 Å². The molecule has 1 aromatic rings. The smallest absolute Gasteiger partial charge is 0.244 e. The third kappa shape index (κ3) is 3.77. The van der Waals surface area contributed by atoms with Crippen LogP contribution < -0.4 is 0 Å². The molecule has 0 aliphatic carbocycles. The van der Waals surface area contributed by atoms with Crippen molar-refractivity contribution in [2.45, 2.75) is 39.3 Å². The Morgan fingerprint density at radius 3 is 2.65 bits per heavy atom. The Morgan fingerprint density at radius 1 is 1.47 bits per heavy atom. The third-order valence-electron chi connectivity index (χ3n) is 2.32. The van der Waals surface area contributed by atoms with E-state index < -0.39 is 6.10 Å². The molecule has 0 spiro atoms. The fourth-order valence-electron chi connectivity index (χ4n) is 1.48. The molecule has 7 nitrogen and oxygen atoms in total. The van der Waals surface area contributed by atoms with Crippen molar-refractivity contribution in [1.29, 1.82) is 0 Å². The van der Waals surface area contributed by atoms with Gasteiger partial charge < -0.3 is 10.0 Å². The van der Waals surface area contributed by atoms with Crippen LogP contribution in [0.25, 0.3) is 0 Å². The van der Waals surface area contributed by atoms with Gasteiger partial charge in [0, 0.05) is 19.5 Å². The van der Waals surface area contributed by atoms with Crippen molar-refractivity contribution in [1.82, 2.24) is 25.1 Å². The van der Waals surface area contributed by atoms with Gasteiger partial charge in [0.05, 0.1) is 6.10 Å². The van der Waals surface area contributed by atoms with Crippen molar-refractivity contribution in [2.75, 3.05) is 13.6 Å². The summed E-state index contributed by atoms with van der Waals surface area (Å²) in [5, 5.41) is 20.4. The fraction of sp³-hybridized carbons (Fsp3) is 0.800. The van der Waals surface area contributed by atoms with Gasteiger partial charge in [-0.25, -0.2) is 4.68 Å². The van der Waals surface area contributed by atoms with E-state index in [0.29, 0.717) is 12.4 Å². The van der Waals surface area contributed by atoms with Crippen LogP contribution in [0.5, 0.6) is 0 Å². The topological polar surface area (TPSA) is 84.1 Å². The highest BCUT2D eigenvalue weighted by molar-refractivity contribution is 5.75. The molecular formula is C10H19N5O2. The number of likely N-dealkylation sites (N-methyl/N-ethyl adjacent to an activating group) is 1. The normalized spacial score (nSPS) is 12.8. The molecule has 0 saturated heterocycles. The van der Waals surface area contributed by atoms with Gasteiger partial charge in [-0.3, -0.25) is 4.79 Å². The first kappa shape index (κ1) is 13.6. The van der Waals surface area contributed by atoms with E-state index in [-0.39, 0.29) is 18.4 Å². The number of hydrogen-bond acceptors (Lipinski definition) is 5. The van der Waals surface area contributed by atoms with Crippen LogP contribution in [0.15, 0.2) is 0 Å². The van der Waals surface area contributed by atoms with E-state index in [2.05, 4.69) is 15.5 Å². The summed E-state index contributed by atoms with van der Waals surface area (Å²) in [6.07, 6.45) is -0.539. The zero-order valence-corrected chi connectivity index (χ0v) is 10.7. The van der Waals surface area contributed by atoms with Crippen molar-refractivity contribution in [2.24, 2.45) is 0 Å². The third-order valence-corrected chi connectivity index (χ3v) is 2.32. The van der Waals surface area contributed by atoms with Crippen molar-refractivity contribution >= 4 is 5.91 Å². The first-order valence-electron chi connectivity index (χ1n) is 5.60. The number of aliphatic hydroxyl groups excluding tert-OH is 1. The number of carbonyl (C=O) groups excluding carboxylic acids is 1. The molecule has 0 saturated carbocycles. The maximum atomic E-state index is 11.8. The molecule has 96 valence electrons. The number of aliphatic hydroxyl groups is 1. The Balaban J connectivity index is 2.64. The molecule has 0 bridgehead atoms. The van der Waals surface area contributed by atoms with E-state index >= 15 is 0 Å². The number of hydrogen-bond donors (Lipinski definition) is 1. The van der Waals surface area contributed by atoms with Gasteiger partial charge in [-0.15, -0.1) is 5.10 Å². The van der Waals surface area contributed by atoms with Crippen LogP contribution in [0.4, 0.5) is 0 Å². The van der Waals surface area contributed by atoms with E-state index in [9.17, 15) is 9.90 Å². The number of aromatic nitrogens is 4. The summed E-state index contributed by atoms with van der Waals surface area (Å²) in [6.45, 7) is 5.97. The lowest BCUT2D eigenvalue weighted by atomic mass is 10.2. The lowest BCUT2D eigenvalue weighted by Crippen LogP contribution is -2.36. The quantitative estimate of drug-likeness (QED) is 0.760. The average molecular weight is 241 g/mol. The van der Waals surface area contributed by atoms with Crippen LogP contribution in [0.3, 0.4) is 0 Å².